The lowest BCUT2D eigenvalue weighted by molar-refractivity contribution is -0.123. The van der Waals surface area contributed by atoms with Crippen LogP contribution in [0.15, 0.2) is 70.6 Å². The molecule has 2 aliphatic heterocycles. The predicted molar refractivity (Wildman–Crippen MR) is 149 cm³/mol. The van der Waals surface area contributed by atoms with E-state index in [9.17, 15) is 9.59 Å². The van der Waals surface area contributed by atoms with Crippen molar-refractivity contribution in [1.29, 1.82) is 0 Å². The van der Waals surface area contributed by atoms with Crippen molar-refractivity contribution in [2.24, 2.45) is 11.0 Å². The number of hydrogen-bond donors (Lipinski definition) is 1. The monoisotopic (exact) mass is 530 g/mol. The molecule has 1 amide bonds. The van der Waals surface area contributed by atoms with Gasteiger partial charge in [0.25, 0.3) is 11.5 Å². The largest absolute Gasteiger partial charge is 0.497 e. The van der Waals surface area contributed by atoms with E-state index in [1.54, 1.807) is 43.7 Å². The summed E-state index contributed by atoms with van der Waals surface area (Å²) in [5, 5.41) is 4.11. The van der Waals surface area contributed by atoms with Gasteiger partial charge < -0.3 is 18.8 Å². The van der Waals surface area contributed by atoms with Crippen LogP contribution in [0.4, 0.5) is 0 Å². The molecule has 9 heteroatoms. The topological polar surface area (TPSA) is 94.4 Å². The van der Waals surface area contributed by atoms with E-state index in [0.29, 0.717) is 24.2 Å². The second-order valence-corrected chi connectivity index (χ2v) is 9.95. The van der Waals surface area contributed by atoms with E-state index in [-0.39, 0.29) is 18.1 Å². The summed E-state index contributed by atoms with van der Waals surface area (Å²) < 4.78 is 18.5. The molecule has 2 aliphatic rings. The molecule has 2 aromatic carbocycles. The van der Waals surface area contributed by atoms with Crippen molar-refractivity contribution >= 4 is 12.1 Å². The minimum absolute atomic E-state index is 0.0978. The maximum atomic E-state index is 12.4. The number of pyridine rings is 1. The SMILES string of the molecule is CCOc1ccc(C=NNC(=O)COc2ccc(OC)cc2)cc1CN1CC2CC(C1)c1cccc(=O)n1C2. The van der Waals surface area contributed by atoms with Gasteiger partial charge in [-0.1, -0.05) is 6.07 Å². The number of carbonyl (C=O) groups is 1. The highest BCUT2D eigenvalue weighted by Crippen LogP contribution is 2.36. The summed E-state index contributed by atoms with van der Waals surface area (Å²) in [6.07, 6.45) is 2.74. The van der Waals surface area contributed by atoms with Crippen LogP contribution in [0, 0.1) is 5.92 Å². The number of nitrogens with one attached hydrogen (secondary N) is 1. The maximum Gasteiger partial charge on any atom is 0.277 e. The maximum absolute atomic E-state index is 12.4. The third-order valence-electron chi connectivity index (χ3n) is 7.17. The number of aromatic nitrogens is 1. The van der Waals surface area contributed by atoms with E-state index in [4.69, 9.17) is 14.2 Å². The Hall–Kier alpha value is -4.11. The summed E-state index contributed by atoms with van der Waals surface area (Å²) in [6.45, 7) is 5.75. The van der Waals surface area contributed by atoms with Crippen LogP contribution in [0.1, 0.15) is 36.1 Å². The number of benzene rings is 2. The number of likely N-dealkylation sites (tertiary alicyclic amines) is 1. The van der Waals surface area contributed by atoms with Gasteiger partial charge in [-0.25, -0.2) is 5.43 Å². The molecule has 1 fully saturated rings. The number of hydrogen-bond acceptors (Lipinski definition) is 7. The molecule has 39 heavy (non-hydrogen) atoms. The van der Waals surface area contributed by atoms with E-state index in [2.05, 4.69) is 27.6 Å². The molecule has 3 heterocycles. The van der Waals surface area contributed by atoms with Crippen LogP contribution >= 0.6 is 0 Å². The number of carbonyl (C=O) groups excluding carboxylic acids is 1. The number of amides is 1. The molecule has 1 aromatic heterocycles. The highest BCUT2D eigenvalue weighted by molar-refractivity contribution is 5.83. The summed E-state index contributed by atoms with van der Waals surface area (Å²) in [6, 6.07) is 18.6. The van der Waals surface area contributed by atoms with Gasteiger partial charge in [0.05, 0.1) is 19.9 Å². The molecule has 2 atom stereocenters. The molecule has 1 saturated heterocycles. The quantitative estimate of drug-likeness (QED) is 0.319. The molecule has 0 radical (unpaired) electrons. The summed E-state index contributed by atoms with van der Waals surface area (Å²) in [4.78, 5) is 27.0. The van der Waals surface area contributed by atoms with Crippen LogP contribution in [0.25, 0.3) is 0 Å². The first kappa shape index (κ1) is 26.5. The highest BCUT2D eigenvalue weighted by atomic mass is 16.5. The van der Waals surface area contributed by atoms with Crippen LogP contribution in [-0.2, 0) is 17.9 Å². The summed E-state index contributed by atoms with van der Waals surface area (Å²) in [7, 11) is 1.59. The Labute approximate surface area is 228 Å². The molecular weight excluding hydrogens is 496 g/mol. The highest BCUT2D eigenvalue weighted by Gasteiger charge is 2.34. The van der Waals surface area contributed by atoms with E-state index in [0.717, 1.165) is 60.9 Å². The van der Waals surface area contributed by atoms with Crippen molar-refractivity contribution in [3.63, 3.8) is 0 Å². The van der Waals surface area contributed by atoms with Crippen molar-refractivity contribution in [1.82, 2.24) is 14.9 Å². The van der Waals surface area contributed by atoms with Crippen molar-refractivity contribution in [2.75, 3.05) is 33.4 Å². The van der Waals surface area contributed by atoms with Gasteiger partial charge in [0, 0.05) is 49.4 Å². The van der Waals surface area contributed by atoms with Gasteiger partial charge >= 0.3 is 0 Å². The van der Waals surface area contributed by atoms with Crippen molar-refractivity contribution in [3.05, 3.63) is 87.8 Å². The molecule has 3 aromatic rings. The van der Waals surface area contributed by atoms with E-state index < -0.39 is 0 Å². The van der Waals surface area contributed by atoms with E-state index >= 15 is 0 Å². The van der Waals surface area contributed by atoms with Gasteiger partial charge in [-0.05, 0) is 73.4 Å². The Morgan fingerprint density at radius 3 is 2.67 bits per heavy atom. The summed E-state index contributed by atoms with van der Waals surface area (Å²) in [5.74, 6) is 2.58. The zero-order chi connectivity index (χ0) is 27.2. The van der Waals surface area contributed by atoms with Crippen molar-refractivity contribution < 1.29 is 19.0 Å². The van der Waals surface area contributed by atoms with Crippen LogP contribution in [0.3, 0.4) is 0 Å². The van der Waals surface area contributed by atoms with Gasteiger partial charge in [0.15, 0.2) is 6.61 Å². The first-order valence-corrected chi connectivity index (χ1v) is 13.3. The zero-order valence-electron chi connectivity index (χ0n) is 22.3. The molecule has 0 spiro atoms. The lowest BCUT2D eigenvalue weighted by Crippen LogP contribution is -2.46. The standard InChI is InChI=1S/C30H34N4O5/c1-3-38-28-12-7-21(15-31-32-29(35)20-39-26-10-8-25(37-2)9-11-26)13-24(28)19-33-16-22-14-23(18-33)27-5-4-6-30(36)34(27)17-22/h4-13,15,22-23H,3,14,16-20H2,1-2H3,(H,32,35). The van der Waals surface area contributed by atoms with Gasteiger partial charge in [-0.3, -0.25) is 14.5 Å². The Kier molecular flexibility index (Phi) is 8.27. The number of hydrazone groups is 1. The molecular formula is C30H34N4O5. The summed E-state index contributed by atoms with van der Waals surface area (Å²) in [5.41, 5.74) is 5.68. The average molecular weight is 531 g/mol. The smallest absolute Gasteiger partial charge is 0.277 e. The van der Waals surface area contributed by atoms with Crippen LogP contribution in [0.5, 0.6) is 17.2 Å². The fourth-order valence-electron chi connectivity index (χ4n) is 5.50. The minimum Gasteiger partial charge on any atom is -0.497 e. The third kappa shape index (κ3) is 6.49. The van der Waals surface area contributed by atoms with Crippen molar-refractivity contribution in [3.8, 4) is 17.2 Å². The number of methoxy groups -OCH3 is 1. The second kappa shape index (κ2) is 12.2. The van der Waals surface area contributed by atoms with Crippen LogP contribution in [0.2, 0.25) is 0 Å². The normalized spacial score (nSPS) is 18.4. The van der Waals surface area contributed by atoms with Crippen molar-refractivity contribution in [2.45, 2.75) is 32.4 Å². The minimum atomic E-state index is -0.354. The fraction of sp³-hybridized carbons (Fsp3) is 0.367. The molecule has 2 bridgehead atoms. The first-order chi connectivity index (χ1) is 19.0. The summed E-state index contributed by atoms with van der Waals surface area (Å²) >= 11 is 0. The molecule has 0 aliphatic carbocycles. The number of rotatable bonds is 10. The second-order valence-electron chi connectivity index (χ2n) is 9.95. The number of nitrogens with zero attached hydrogens (tertiary/aromatic N) is 3. The third-order valence-corrected chi connectivity index (χ3v) is 7.17. The van der Waals surface area contributed by atoms with Gasteiger partial charge in [-0.15, -0.1) is 0 Å². The van der Waals surface area contributed by atoms with Gasteiger partial charge in [0.2, 0.25) is 0 Å². The van der Waals surface area contributed by atoms with E-state index in [1.807, 2.05) is 29.7 Å². The Morgan fingerprint density at radius 1 is 1.05 bits per heavy atom. The average Bonchev–Trinajstić information content (AvgIpc) is 2.94. The molecule has 9 nitrogen and oxygen atoms in total. The predicted octanol–water partition coefficient (Wildman–Crippen LogP) is 3.40. The van der Waals surface area contributed by atoms with Crippen LogP contribution in [-0.4, -0.2) is 55.0 Å². The lowest BCUT2D eigenvalue weighted by Gasteiger charge is -2.43. The van der Waals surface area contributed by atoms with Gasteiger partial charge in [-0.2, -0.15) is 5.10 Å². The zero-order valence-corrected chi connectivity index (χ0v) is 22.3. The molecule has 0 saturated carbocycles. The Balaban J connectivity index is 1.21. The molecule has 5 rings (SSSR count). The van der Waals surface area contributed by atoms with Crippen LogP contribution < -0.4 is 25.2 Å². The van der Waals surface area contributed by atoms with E-state index in [1.165, 1.54) is 0 Å². The number of fused-ring (bicyclic) bond motifs is 4. The fourth-order valence-corrected chi connectivity index (χ4v) is 5.50. The Bertz CT molecular complexity index is 1380. The Morgan fingerprint density at radius 2 is 1.87 bits per heavy atom. The first-order valence-electron chi connectivity index (χ1n) is 13.3. The number of ether oxygens (including phenoxy) is 3. The van der Waals surface area contributed by atoms with Gasteiger partial charge in [0.1, 0.15) is 17.2 Å². The lowest BCUT2D eigenvalue weighted by atomic mass is 9.83. The molecule has 2 unspecified atom stereocenters. The molecule has 204 valence electrons. The molecule has 1 N–H and O–H groups in total. The number of piperidine rings is 1.